The lowest BCUT2D eigenvalue weighted by atomic mass is 10.1. The summed E-state index contributed by atoms with van der Waals surface area (Å²) in [5.41, 5.74) is 0.335. The Labute approximate surface area is 169 Å². The van der Waals surface area contributed by atoms with Gasteiger partial charge >= 0.3 is 11.9 Å². The zero-order chi connectivity index (χ0) is 20.6. The number of ether oxygens (including phenoxy) is 3. The molecule has 0 aliphatic rings. The summed E-state index contributed by atoms with van der Waals surface area (Å²) in [6.07, 6.45) is 14.1. The third-order valence-electron chi connectivity index (χ3n) is 4.82. The molecule has 0 aliphatic carbocycles. The van der Waals surface area contributed by atoms with Crippen molar-refractivity contribution in [3.63, 3.8) is 0 Å². The number of benzene rings is 1. The summed E-state index contributed by atoms with van der Waals surface area (Å²) in [5.74, 6) is -0.599. The highest BCUT2D eigenvalue weighted by molar-refractivity contribution is 6.03. The zero-order valence-corrected chi connectivity index (χ0v) is 17.8. The highest BCUT2D eigenvalue weighted by atomic mass is 16.5. The maximum Gasteiger partial charge on any atom is 0.338 e. The van der Waals surface area contributed by atoms with Crippen LogP contribution in [0.3, 0.4) is 0 Å². The van der Waals surface area contributed by atoms with Gasteiger partial charge in [0.25, 0.3) is 0 Å². The van der Waals surface area contributed by atoms with Crippen molar-refractivity contribution in [2.24, 2.45) is 0 Å². The summed E-state index contributed by atoms with van der Waals surface area (Å²) in [6.45, 7) is 2.84. The zero-order valence-electron chi connectivity index (χ0n) is 17.8. The Bertz CT molecular complexity index is 582. The van der Waals surface area contributed by atoms with Crippen LogP contribution < -0.4 is 4.74 Å². The van der Waals surface area contributed by atoms with Gasteiger partial charge in [-0.25, -0.2) is 9.59 Å². The first-order chi connectivity index (χ1) is 13.6. The van der Waals surface area contributed by atoms with Crippen molar-refractivity contribution in [1.29, 1.82) is 0 Å². The Balaban J connectivity index is 2.25. The summed E-state index contributed by atoms with van der Waals surface area (Å²) < 4.78 is 15.2. The fourth-order valence-corrected chi connectivity index (χ4v) is 3.14. The summed E-state index contributed by atoms with van der Waals surface area (Å²) in [5, 5.41) is 0. The van der Waals surface area contributed by atoms with Crippen molar-refractivity contribution in [3.05, 3.63) is 29.3 Å². The molecule has 0 fully saturated rings. The topological polar surface area (TPSA) is 61.8 Å². The quantitative estimate of drug-likeness (QED) is 0.273. The van der Waals surface area contributed by atoms with E-state index < -0.39 is 11.9 Å². The van der Waals surface area contributed by atoms with Crippen molar-refractivity contribution in [3.8, 4) is 5.75 Å². The largest absolute Gasteiger partial charge is 0.494 e. The molecule has 0 unspecified atom stereocenters. The molecule has 0 saturated heterocycles. The van der Waals surface area contributed by atoms with E-state index in [0.717, 1.165) is 12.8 Å². The van der Waals surface area contributed by atoms with E-state index in [0.29, 0.717) is 12.4 Å². The SMILES string of the molecule is CCCCCCCCCCCCCOc1ccc(C(=O)OC)c(C(=O)OC)c1. The standard InChI is InChI=1S/C23H36O5/c1-4-5-6-7-8-9-10-11-12-13-14-17-28-19-15-16-20(22(24)26-2)21(18-19)23(25)27-3/h15-16,18H,4-14,17H2,1-3H3. The van der Waals surface area contributed by atoms with Crippen LogP contribution in [0.25, 0.3) is 0 Å². The van der Waals surface area contributed by atoms with Crippen LogP contribution in [-0.2, 0) is 9.47 Å². The molecule has 0 bridgehead atoms. The number of hydrogen-bond donors (Lipinski definition) is 0. The second-order valence-corrected chi connectivity index (χ2v) is 7.07. The molecule has 0 saturated carbocycles. The molecule has 28 heavy (non-hydrogen) atoms. The second kappa shape index (κ2) is 14.9. The maximum atomic E-state index is 11.9. The van der Waals surface area contributed by atoms with Gasteiger partial charge in [0.2, 0.25) is 0 Å². The van der Waals surface area contributed by atoms with Crippen molar-refractivity contribution < 1.29 is 23.8 Å². The molecule has 0 heterocycles. The van der Waals surface area contributed by atoms with Crippen LogP contribution in [0.5, 0.6) is 5.75 Å². The van der Waals surface area contributed by atoms with Crippen LogP contribution in [0.15, 0.2) is 18.2 Å². The van der Waals surface area contributed by atoms with Gasteiger partial charge in [0.15, 0.2) is 0 Å². The van der Waals surface area contributed by atoms with E-state index in [9.17, 15) is 9.59 Å². The number of unbranched alkanes of at least 4 members (excludes halogenated alkanes) is 10. The van der Waals surface area contributed by atoms with Gasteiger partial charge in [0.1, 0.15) is 5.75 Å². The van der Waals surface area contributed by atoms with E-state index >= 15 is 0 Å². The lowest BCUT2D eigenvalue weighted by molar-refractivity contribution is 0.0555. The minimum Gasteiger partial charge on any atom is -0.494 e. The van der Waals surface area contributed by atoms with E-state index in [1.54, 1.807) is 6.07 Å². The minimum atomic E-state index is -0.583. The van der Waals surface area contributed by atoms with E-state index in [2.05, 4.69) is 6.92 Å². The summed E-state index contributed by atoms with van der Waals surface area (Å²) in [4.78, 5) is 23.7. The lowest BCUT2D eigenvalue weighted by Crippen LogP contribution is -2.12. The number of hydrogen-bond acceptors (Lipinski definition) is 5. The van der Waals surface area contributed by atoms with Crippen molar-refractivity contribution in [1.82, 2.24) is 0 Å². The summed E-state index contributed by atoms with van der Waals surface area (Å²) in [6, 6.07) is 4.75. The normalized spacial score (nSPS) is 10.5. The molecule has 5 heteroatoms. The Hall–Kier alpha value is -2.04. The van der Waals surface area contributed by atoms with Crippen LogP contribution in [-0.4, -0.2) is 32.8 Å². The minimum absolute atomic E-state index is 0.158. The van der Waals surface area contributed by atoms with Gasteiger partial charge in [0.05, 0.1) is 32.0 Å². The number of carbonyl (C=O) groups is 2. The molecule has 0 N–H and O–H groups in total. The number of methoxy groups -OCH3 is 2. The summed E-state index contributed by atoms with van der Waals surface area (Å²) in [7, 11) is 2.56. The summed E-state index contributed by atoms with van der Waals surface area (Å²) >= 11 is 0. The van der Waals surface area contributed by atoms with Crippen LogP contribution in [0.4, 0.5) is 0 Å². The number of esters is 2. The first-order valence-corrected chi connectivity index (χ1v) is 10.6. The molecule has 0 aromatic heterocycles. The molecule has 5 nitrogen and oxygen atoms in total. The second-order valence-electron chi connectivity index (χ2n) is 7.07. The van der Waals surface area contributed by atoms with E-state index in [1.165, 1.54) is 84.1 Å². The monoisotopic (exact) mass is 392 g/mol. The molecule has 158 valence electrons. The molecule has 1 aromatic rings. The van der Waals surface area contributed by atoms with Gasteiger partial charge in [-0.1, -0.05) is 71.1 Å². The molecular weight excluding hydrogens is 356 g/mol. The van der Waals surface area contributed by atoms with Crippen molar-refractivity contribution >= 4 is 11.9 Å². The van der Waals surface area contributed by atoms with Gasteiger partial charge in [-0.2, -0.15) is 0 Å². The third kappa shape index (κ3) is 9.25. The number of carbonyl (C=O) groups excluding carboxylic acids is 2. The van der Waals surface area contributed by atoms with E-state index in [-0.39, 0.29) is 11.1 Å². The molecule has 1 aromatic carbocycles. The molecule has 0 aliphatic heterocycles. The van der Waals surface area contributed by atoms with Crippen LogP contribution in [0, 0.1) is 0 Å². The predicted molar refractivity (Wildman–Crippen MR) is 111 cm³/mol. The number of rotatable bonds is 15. The van der Waals surface area contributed by atoms with Gasteiger partial charge in [-0.05, 0) is 24.6 Å². The van der Waals surface area contributed by atoms with Crippen LogP contribution in [0.1, 0.15) is 98.3 Å². The first kappa shape index (κ1) is 24.0. The highest BCUT2D eigenvalue weighted by Gasteiger charge is 2.19. The van der Waals surface area contributed by atoms with Gasteiger partial charge in [-0.15, -0.1) is 0 Å². The maximum absolute atomic E-state index is 11.9. The molecule has 0 radical (unpaired) electrons. The Morgan fingerprint density at radius 3 is 1.75 bits per heavy atom. The average Bonchev–Trinajstić information content (AvgIpc) is 2.73. The predicted octanol–water partition coefficient (Wildman–Crippen LogP) is 5.95. The first-order valence-electron chi connectivity index (χ1n) is 10.6. The van der Waals surface area contributed by atoms with Gasteiger partial charge < -0.3 is 14.2 Å². The molecular formula is C23H36O5. The fourth-order valence-electron chi connectivity index (χ4n) is 3.14. The molecule has 0 amide bonds. The Morgan fingerprint density at radius 1 is 0.714 bits per heavy atom. The lowest BCUT2D eigenvalue weighted by Gasteiger charge is -2.10. The van der Waals surface area contributed by atoms with Gasteiger partial charge in [0, 0.05) is 0 Å². The van der Waals surface area contributed by atoms with E-state index in [4.69, 9.17) is 14.2 Å². The van der Waals surface area contributed by atoms with Gasteiger partial charge in [-0.3, -0.25) is 0 Å². The van der Waals surface area contributed by atoms with Crippen molar-refractivity contribution in [2.75, 3.05) is 20.8 Å². The molecule has 1 rings (SSSR count). The van der Waals surface area contributed by atoms with E-state index in [1.807, 2.05) is 0 Å². The highest BCUT2D eigenvalue weighted by Crippen LogP contribution is 2.20. The van der Waals surface area contributed by atoms with Crippen molar-refractivity contribution in [2.45, 2.75) is 77.6 Å². The van der Waals surface area contributed by atoms with Crippen LogP contribution in [0.2, 0.25) is 0 Å². The Kier molecular flexibility index (Phi) is 12.8. The third-order valence-corrected chi connectivity index (χ3v) is 4.82. The Morgan fingerprint density at radius 2 is 1.21 bits per heavy atom. The average molecular weight is 393 g/mol. The molecule has 0 spiro atoms. The van der Waals surface area contributed by atoms with Crippen LogP contribution >= 0.6 is 0 Å². The molecule has 0 atom stereocenters. The smallest absolute Gasteiger partial charge is 0.338 e. The fraction of sp³-hybridized carbons (Fsp3) is 0.652.